The van der Waals surface area contributed by atoms with Gasteiger partial charge in [-0.1, -0.05) is 35.7 Å². The number of rotatable bonds is 4. The van der Waals surface area contributed by atoms with E-state index in [0.717, 1.165) is 12.5 Å². The molecule has 0 aliphatic heterocycles. The van der Waals surface area contributed by atoms with Crippen LogP contribution >= 0.6 is 0 Å². The second-order valence-corrected chi connectivity index (χ2v) is 5.40. The molecule has 1 N–H and O–H groups in total. The Morgan fingerprint density at radius 1 is 1.19 bits per heavy atom. The third-order valence-electron chi connectivity index (χ3n) is 3.45. The lowest BCUT2D eigenvalue weighted by atomic mass is 9.91. The minimum absolute atomic E-state index is 0.603. The zero-order valence-electron chi connectivity index (χ0n) is 10.7. The maximum atomic E-state index is 3.70. The molecule has 0 aromatic heterocycles. The topological polar surface area (TPSA) is 12.0 Å². The Hall–Kier alpha value is -0.820. The zero-order chi connectivity index (χ0) is 11.5. The van der Waals surface area contributed by atoms with Crippen LogP contribution in [0.1, 0.15) is 42.9 Å². The molecule has 1 aromatic carbocycles. The molecular weight excluding hydrogens is 194 g/mol. The van der Waals surface area contributed by atoms with E-state index in [-0.39, 0.29) is 0 Å². The third-order valence-corrected chi connectivity index (χ3v) is 3.45. The lowest BCUT2D eigenvalue weighted by Gasteiger charge is -2.30. The molecule has 1 atom stereocenters. The Balaban J connectivity index is 1.91. The normalized spacial score (nSPS) is 18.2. The first-order valence-corrected chi connectivity index (χ1v) is 6.47. The van der Waals surface area contributed by atoms with Crippen molar-refractivity contribution in [1.29, 1.82) is 0 Å². The fraction of sp³-hybridized carbons (Fsp3) is 0.600. The first-order valence-electron chi connectivity index (χ1n) is 6.47. The quantitative estimate of drug-likeness (QED) is 0.815. The fourth-order valence-electron chi connectivity index (χ4n) is 2.58. The second-order valence-electron chi connectivity index (χ2n) is 5.40. The monoisotopic (exact) mass is 217 g/mol. The summed E-state index contributed by atoms with van der Waals surface area (Å²) in [5.41, 5.74) is 4.23. The van der Waals surface area contributed by atoms with E-state index in [0.29, 0.717) is 6.04 Å². The number of hydrogen-bond acceptors (Lipinski definition) is 1. The highest BCUT2D eigenvalue weighted by molar-refractivity contribution is 5.29. The molecule has 0 amide bonds. The summed E-state index contributed by atoms with van der Waals surface area (Å²) in [6.45, 7) is 6.66. The van der Waals surface area contributed by atoms with E-state index in [4.69, 9.17) is 0 Å². The van der Waals surface area contributed by atoms with Crippen LogP contribution in [0.3, 0.4) is 0 Å². The van der Waals surface area contributed by atoms with E-state index in [1.54, 1.807) is 0 Å². The van der Waals surface area contributed by atoms with Crippen molar-refractivity contribution in [3.8, 4) is 0 Å². The largest absolute Gasteiger partial charge is 0.311 e. The van der Waals surface area contributed by atoms with E-state index in [1.807, 2.05) is 0 Å². The summed E-state index contributed by atoms with van der Waals surface area (Å²) in [4.78, 5) is 0. The van der Waals surface area contributed by atoms with Gasteiger partial charge in [0.2, 0.25) is 0 Å². The van der Waals surface area contributed by atoms with Gasteiger partial charge in [-0.2, -0.15) is 0 Å². The lowest BCUT2D eigenvalue weighted by molar-refractivity contribution is 0.310. The van der Waals surface area contributed by atoms with Gasteiger partial charge in [-0.25, -0.2) is 0 Å². The van der Waals surface area contributed by atoms with Crippen LogP contribution < -0.4 is 5.32 Å². The van der Waals surface area contributed by atoms with Gasteiger partial charge in [0.25, 0.3) is 0 Å². The summed E-state index contributed by atoms with van der Waals surface area (Å²) in [5, 5.41) is 3.70. The van der Waals surface area contributed by atoms with Crippen molar-refractivity contribution >= 4 is 0 Å². The Labute approximate surface area is 99.3 Å². The Bertz CT molecular complexity index is 332. The molecule has 16 heavy (non-hydrogen) atoms. The van der Waals surface area contributed by atoms with Crippen LogP contribution in [0.2, 0.25) is 0 Å². The highest BCUT2D eigenvalue weighted by Crippen LogP contribution is 2.19. The molecule has 1 nitrogen and oxygen atoms in total. The molecule has 1 unspecified atom stereocenters. The highest BCUT2D eigenvalue weighted by Gasteiger charge is 2.18. The molecular formula is C15H23N. The first kappa shape index (κ1) is 11.7. The molecule has 1 heteroatoms. The smallest absolute Gasteiger partial charge is 0.00817 e. The second kappa shape index (κ2) is 5.01. The van der Waals surface area contributed by atoms with Crippen LogP contribution in [0.25, 0.3) is 0 Å². The molecule has 0 radical (unpaired) electrons. The maximum Gasteiger partial charge on any atom is 0.00817 e. The van der Waals surface area contributed by atoms with E-state index in [2.05, 4.69) is 44.3 Å². The van der Waals surface area contributed by atoms with E-state index in [1.165, 1.54) is 36.0 Å². The summed E-state index contributed by atoms with van der Waals surface area (Å²) in [6.07, 6.45) is 5.31. The molecule has 0 heterocycles. The van der Waals surface area contributed by atoms with Crippen LogP contribution in [0.4, 0.5) is 0 Å². The van der Waals surface area contributed by atoms with Crippen molar-refractivity contribution in [3.05, 3.63) is 34.9 Å². The molecule has 1 fully saturated rings. The number of nitrogens with one attached hydrogen (secondary N) is 1. The SMILES string of the molecule is Cc1cc(C)cc(CC(C)NC2CCC2)c1. The van der Waals surface area contributed by atoms with Gasteiger partial charge in [0, 0.05) is 12.1 Å². The average Bonchev–Trinajstić information content (AvgIpc) is 2.09. The molecule has 0 saturated heterocycles. The molecule has 0 spiro atoms. The van der Waals surface area contributed by atoms with Crippen molar-refractivity contribution in [2.75, 3.05) is 0 Å². The minimum Gasteiger partial charge on any atom is -0.311 e. The third kappa shape index (κ3) is 3.08. The summed E-state index contributed by atoms with van der Waals surface area (Å²) in [6, 6.07) is 8.26. The van der Waals surface area contributed by atoms with Gasteiger partial charge >= 0.3 is 0 Å². The molecule has 1 aliphatic carbocycles. The van der Waals surface area contributed by atoms with E-state index in [9.17, 15) is 0 Å². The summed E-state index contributed by atoms with van der Waals surface area (Å²) >= 11 is 0. The van der Waals surface area contributed by atoms with Crippen molar-refractivity contribution in [2.45, 2.75) is 58.5 Å². The zero-order valence-corrected chi connectivity index (χ0v) is 10.7. The predicted molar refractivity (Wildman–Crippen MR) is 69.9 cm³/mol. The van der Waals surface area contributed by atoms with Crippen LogP contribution in [-0.2, 0) is 6.42 Å². The predicted octanol–water partition coefficient (Wildman–Crippen LogP) is 3.38. The van der Waals surface area contributed by atoms with Crippen LogP contribution in [0.15, 0.2) is 18.2 Å². The fourth-order valence-corrected chi connectivity index (χ4v) is 2.58. The van der Waals surface area contributed by atoms with E-state index < -0.39 is 0 Å². The molecule has 1 saturated carbocycles. The highest BCUT2D eigenvalue weighted by atomic mass is 15.0. The summed E-state index contributed by atoms with van der Waals surface area (Å²) in [7, 11) is 0. The molecule has 1 aromatic rings. The van der Waals surface area contributed by atoms with Gasteiger partial charge in [-0.15, -0.1) is 0 Å². The molecule has 1 aliphatic rings. The number of aryl methyl sites for hydroxylation is 2. The van der Waals surface area contributed by atoms with Crippen molar-refractivity contribution in [3.63, 3.8) is 0 Å². The summed E-state index contributed by atoms with van der Waals surface area (Å²) in [5.74, 6) is 0. The number of hydrogen-bond donors (Lipinski definition) is 1. The van der Waals surface area contributed by atoms with Gasteiger partial charge in [-0.05, 0) is 45.6 Å². The first-order chi connectivity index (χ1) is 7.63. The standard InChI is InChI=1S/C15H23N/c1-11-7-12(2)9-14(8-11)10-13(3)16-15-5-4-6-15/h7-9,13,15-16H,4-6,10H2,1-3H3. The summed E-state index contributed by atoms with van der Waals surface area (Å²) < 4.78 is 0. The van der Waals surface area contributed by atoms with Crippen molar-refractivity contribution in [2.24, 2.45) is 0 Å². The maximum absolute atomic E-state index is 3.70. The lowest BCUT2D eigenvalue weighted by Crippen LogP contribution is -2.41. The van der Waals surface area contributed by atoms with Crippen molar-refractivity contribution in [1.82, 2.24) is 5.32 Å². The van der Waals surface area contributed by atoms with Gasteiger partial charge in [0.15, 0.2) is 0 Å². The average molecular weight is 217 g/mol. The molecule has 2 rings (SSSR count). The molecule has 0 bridgehead atoms. The van der Waals surface area contributed by atoms with Gasteiger partial charge in [-0.3, -0.25) is 0 Å². The van der Waals surface area contributed by atoms with Gasteiger partial charge in [0.1, 0.15) is 0 Å². The van der Waals surface area contributed by atoms with Crippen LogP contribution in [0, 0.1) is 13.8 Å². The van der Waals surface area contributed by atoms with Gasteiger partial charge in [0.05, 0.1) is 0 Å². The van der Waals surface area contributed by atoms with Crippen LogP contribution in [0.5, 0.6) is 0 Å². The molecule has 88 valence electrons. The van der Waals surface area contributed by atoms with Crippen LogP contribution in [-0.4, -0.2) is 12.1 Å². The number of benzene rings is 1. The Morgan fingerprint density at radius 3 is 2.31 bits per heavy atom. The van der Waals surface area contributed by atoms with Gasteiger partial charge < -0.3 is 5.32 Å². The van der Waals surface area contributed by atoms with E-state index >= 15 is 0 Å². The Kier molecular flexibility index (Phi) is 3.65. The Morgan fingerprint density at radius 2 is 1.81 bits per heavy atom. The minimum atomic E-state index is 0.603. The van der Waals surface area contributed by atoms with Crippen molar-refractivity contribution < 1.29 is 0 Å².